The van der Waals surface area contributed by atoms with Gasteiger partial charge in [0.1, 0.15) is 6.04 Å². The van der Waals surface area contributed by atoms with E-state index >= 15 is 0 Å². The maximum atomic E-state index is 11.9. The van der Waals surface area contributed by atoms with Crippen molar-refractivity contribution < 1.29 is 9.59 Å². The molecule has 0 fully saturated rings. The van der Waals surface area contributed by atoms with Crippen molar-refractivity contribution in [2.24, 2.45) is 11.5 Å². The molecule has 0 spiro atoms. The van der Waals surface area contributed by atoms with Gasteiger partial charge in [-0.1, -0.05) is 18.2 Å². The molecule has 2 rings (SSSR count). The first kappa shape index (κ1) is 14.1. The lowest BCUT2D eigenvalue weighted by atomic mass is 10.0. The van der Waals surface area contributed by atoms with Gasteiger partial charge in [-0.3, -0.25) is 9.59 Å². The van der Waals surface area contributed by atoms with Gasteiger partial charge in [-0.25, -0.2) is 0 Å². The molecule has 2 atom stereocenters. The molecule has 106 valence electrons. The number of amides is 2. The molecular formula is C14H18N4O2. The van der Waals surface area contributed by atoms with Crippen LogP contribution in [-0.4, -0.2) is 28.9 Å². The highest BCUT2D eigenvalue weighted by Crippen LogP contribution is 2.18. The van der Waals surface area contributed by atoms with Gasteiger partial charge in [0.15, 0.2) is 0 Å². The number of aromatic nitrogens is 1. The van der Waals surface area contributed by atoms with Crippen LogP contribution < -0.4 is 16.8 Å². The number of carbonyl (C=O) groups is 2. The predicted octanol–water partition coefficient (Wildman–Crippen LogP) is 0.0277. The molecule has 1 aromatic carbocycles. The van der Waals surface area contributed by atoms with Crippen LogP contribution in [0.5, 0.6) is 0 Å². The summed E-state index contributed by atoms with van der Waals surface area (Å²) >= 11 is 0. The highest BCUT2D eigenvalue weighted by Gasteiger charge is 2.19. The number of carbonyl (C=O) groups excluding carboxylic acids is 2. The molecule has 0 aliphatic heterocycles. The van der Waals surface area contributed by atoms with Crippen molar-refractivity contribution in [1.82, 2.24) is 10.3 Å². The minimum atomic E-state index is -0.726. The maximum Gasteiger partial charge on any atom is 0.239 e. The molecule has 20 heavy (non-hydrogen) atoms. The summed E-state index contributed by atoms with van der Waals surface area (Å²) in [6, 6.07) is 6.34. The van der Waals surface area contributed by atoms with Crippen LogP contribution in [0, 0.1) is 0 Å². The number of H-pyrrole nitrogens is 1. The van der Waals surface area contributed by atoms with Gasteiger partial charge in [0, 0.05) is 17.1 Å². The van der Waals surface area contributed by atoms with Gasteiger partial charge in [-0.15, -0.1) is 0 Å². The first-order valence-corrected chi connectivity index (χ1v) is 6.39. The fourth-order valence-electron chi connectivity index (χ4n) is 2.02. The summed E-state index contributed by atoms with van der Waals surface area (Å²) in [5.41, 5.74) is 12.9. The molecule has 0 unspecified atom stereocenters. The monoisotopic (exact) mass is 274 g/mol. The Bertz CT molecular complexity index is 635. The molecule has 6 nitrogen and oxygen atoms in total. The van der Waals surface area contributed by atoms with E-state index in [2.05, 4.69) is 10.3 Å². The van der Waals surface area contributed by atoms with Gasteiger partial charge in [-0.2, -0.15) is 0 Å². The summed E-state index contributed by atoms with van der Waals surface area (Å²) in [5, 5.41) is 3.53. The second-order valence-electron chi connectivity index (χ2n) is 4.80. The van der Waals surface area contributed by atoms with Gasteiger partial charge in [0.2, 0.25) is 11.8 Å². The minimum absolute atomic E-state index is 0.387. The van der Waals surface area contributed by atoms with Crippen molar-refractivity contribution in [3.8, 4) is 0 Å². The van der Waals surface area contributed by atoms with Crippen LogP contribution in [-0.2, 0) is 16.0 Å². The number of aromatic amines is 1. The van der Waals surface area contributed by atoms with E-state index in [-0.39, 0.29) is 5.91 Å². The third-order valence-electron chi connectivity index (χ3n) is 3.24. The number of rotatable bonds is 5. The van der Waals surface area contributed by atoms with Crippen molar-refractivity contribution in [2.45, 2.75) is 25.4 Å². The Morgan fingerprint density at radius 3 is 2.75 bits per heavy atom. The van der Waals surface area contributed by atoms with E-state index in [1.165, 1.54) is 6.92 Å². The molecule has 0 aliphatic rings. The number of nitrogens with one attached hydrogen (secondary N) is 2. The fraction of sp³-hybridized carbons (Fsp3) is 0.286. The molecule has 0 bridgehead atoms. The van der Waals surface area contributed by atoms with Gasteiger partial charge in [0.05, 0.1) is 6.04 Å². The van der Waals surface area contributed by atoms with Crippen molar-refractivity contribution >= 4 is 22.7 Å². The van der Waals surface area contributed by atoms with Crippen molar-refractivity contribution in [1.29, 1.82) is 0 Å². The Morgan fingerprint density at radius 2 is 2.05 bits per heavy atom. The molecule has 6 heteroatoms. The summed E-state index contributed by atoms with van der Waals surface area (Å²) in [6.07, 6.45) is 2.23. The SMILES string of the molecule is C[C@H](NC(=O)[C@@H](N)Cc1c[nH]c2ccccc12)C(N)=O. The predicted molar refractivity (Wildman–Crippen MR) is 76.8 cm³/mol. The number of primary amides is 1. The molecule has 2 amide bonds. The highest BCUT2D eigenvalue weighted by atomic mass is 16.2. The van der Waals surface area contributed by atoms with E-state index in [0.29, 0.717) is 6.42 Å². The summed E-state index contributed by atoms with van der Waals surface area (Å²) in [5.74, 6) is -0.973. The molecule has 6 N–H and O–H groups in total. The Balaban J connectivity index is 2.06. The first-order valence-electron chi connectivity index (χ1n) is 6.39. The zero-order valence-electron chi connectivity index (χ0n) is 11.2. The standard InChI is InChI=1S/C14H18N4O2/c1-8(13(16)19)18-14(20)11(15)6-9-7-17-12-5-3-2-4-10(9)12/h2-5,7-8,11,17H,6,15H2,1H3,(H2,16,19)(H,18,20)/t8-,11-/m0/s1. The molecule has 0 aliphatic carbocycles. The summed E-state index contributed by atoms with van der Waals surface area (Å²) < 4.78 is 0. The number of hydrogen-bond donors (Lipinski definition) is 4. The minimum Gasteiger partial charge on any atom is -0.368 e. The maximum absolute atomic E-state index is 11.9. The Hall–Kier alpha value is -2.34. The normalized spacial score (nSPS) is 13.9. The number of para-hydroxylation sites is 1. The topological polar surface area (TPSA) is 114 Å². The van der Waals surface area contributed by atoms with Crippen LogP contribution in [0.2, 0.25) is 0 Å². The summed E-state index contributed by atoms with van der Waals surface area (Å²) in [7, 11) is 0. The quantitative estimate of drug-likeness (QED) is 0.616. The van der Waals surface area contributed by atoms with Crippen LogP contribution in [0.25, 0.3) is 10.9 Å². The van der Waals surface area contributed by atoms with E-state index in [0.717, 1.165) is 16.5 Å². The average Bonchev–Trinajstić information content (AvgIpc) is 2.82. The molecule has 1 heterocycles. The zero-order chi connectivity index (χ0) is 14.7. The van der Waals surface area contributed by atoms with Crippen LogP contribution >= 0.6 is 0 Å². The zero-order valence-corrected chi connectivity index (χ0v) is 11.2. The van der Waals surface area contributed by atoms with E-state index in [4.69, 9.17) is 11.5 Å². The Labute approximate surface area is 116 Å². The van der Waals surface area contributed by atoms with Gasteiger partial charge >= 0.3 is 0 Å². The van der Waals surface area contributed by atoms with Crippen LogP contribution in [0.1, 0.15) is 12.5 Å². The molecular weight excluding hydrogens is 256 g/mol. The molecule has 2 aromatic rings. The molecule has 0 saturated carbocycles. The van der Waals surface area contributed by atoms with Gasteiger partial charge in [0.25, 0.3) is 0 Å². The second-order valence-corrected chi connectivity index (χ2v) is 4.80. The third-order valence-corrected chi connectivity index (χ3v) is 3.24. The van der Waals surface area contributed by atoms with Crippen molar-refractivity contribution in [3.05, 3.63) is 36.0 Å². The van der Waals surface area contributed by atoms with Crippen LogP contribution in [0.15, 0.2) is 30.5 Å². The average molecular weight is 274 g/mol. The summed E-state index contributed by atoms with van der Waals surface area (Å²) in [4.78, 5) is 25.9. The van der Waals surface area contributed by atoms with Crippen LogP contribution in [0.3, 0.4) is 0 Å². The van der Waals surface area contributed by atoms with Crippen LogP contribution in [0.4, 0.5) is 0 Å². The highest BCUT2D eigenvalue weighted by molar-refractivity contribution is 5.89. The molecule has 0 saturated heterocycles. The largest absolute Gasteiger partial charge is 0.368 e. The van der Waals surface area contributed by atoms with E-state index in [1.54, 1.807) is 0 Å². The van der Waals surface area contributed by atoms with Gasteiger partial charge in [-0.05, 0) is 25.0 Å². The number of hydrogen-bond acceptors (Lipinski definition) is 3. The Kier molecular flexibility index (Phi) is 4.05. The van der Waals surface area contributed by atoms with Gasteiger partial charge < -0.3 is 21.8 Å². The fourth-order valence-corrected chi connectivity index (χ4v) is 2.02. The van der Waals surface area contributed by atoms with Crippen molar-refractivity contribution in [3.63, 3.8) is 0 Å². The number of fused-ring (bicyclic) bond motifs is 1. The smallest absolute Gasteiger partial charge is 0.239 e. The second kappa shape index (κ2) is 5.75. The van der Waals surface area contributed by atoms with E-state index in [9.17, 15) is 9.59 Å². The number of nitrogens with two attached hydrogens (primary N) is 2. The molecule has 0 radical (unpaired) electrons. The first-order chi connectivity index (χ1) is 9.49. The molecule has 1 aromatic heterocycles. The summed E-state index contributed by atoms with van der Waals surface area (Å²) in [6.45, 7) is 1.53. The van der Waals surface area contributed by atoms with E-state index in [1.807, 2.05) is 30.5 Å². The lowest BCUT2D eigenvalue weighted by molar-refractivity contribution is -0.127. The third kappa shape index (κ3) is 2.97. The number of benzene rings is 1. The lowest BCUT2D eigenvalue weighted by Crippen LogP contribution is -2.49. The van der Waals surface area contributed by atoms with E-state index < -0.39 is 18.0 Å². The lowest BCUT2D eigenvalue weighted by Gasteiger charge is -2.15. The Morgan fingerprint density at radius 1 is 1.35 bits per heavy atom. The van der Waals surface area contributed by atoms with Crippen molar-refractivity contribution in [2.75, 3.05) is 0 Å².